The van der Waals surface area contributed by atoms with E-state index >= 15 is 0 Å². The number of carbonyl (C=O) groups excluding carboxylic acids is 1. The molecule has 0 aliphatic carbocycles. The average Bonchev–Trinajstić information content (AvgIpc) is 3.14. The molecule has 7 nitrogen and oxygen atoms in total. The van der Waals surface area contributed by atoms with Gasteiger partial charge in [-0.1, -0.05) is 42.1 Å². The molecule has 0 saturated carbocycles. The number of hydrogen-bond acceptors (Lipinski definition) is 8. The number of ether oxygens (including phenoxy) is 1. The van der Waals surface area contributed by atoms with Gasteiger partial charge in [0.25, 0.3) is 5.91 Å². The molecule has 0 unspecified atom stereocenters. The van der Waals surface area contributed by atoms with Crippen LogP contribution in [0.3, 0.4) is 0 Å². The normalized spacial score (nSPS) is 13.8. The predicted molar refractivity (Wildman–Crippen MR) is 126 cm³/mol. The second kappa shape index (κ2) is 9.57. The summed E-state index contributed by atoms with van der Waals surface area (Å²) in [6.45, 7) is 3.38. The summed E-state index contributed by atoms with van der Waals surface area (Å²) < 4.78 is 9.20. The number of hydrogen-bond donors (Lipinski definition) is 3. The Labute approximate surface area is 192 Å². The summed E-state index contributed by atoms with van der Waals surface area (Å²) in [5.41, 5.74) is 2.08. The van der Waals surface area contributed by atoms with Crippen molar-refractivity contribution >= 4 is 79.8 Å². The zero-order valence-electron chi connectivity index (χ0n) is 16.0. The van der Waals surface area contributed by atoms with Gasteiger partial charge in [0.2, 0.25) is 0 Å². The van der Waals surface area contributed by atoms with Crippen LogP contribution in [0.15, 0.2) is 23.8 Å². The summed E-state index contributed by atoms with van der Waals surface area (Å²) in [5.74, 6) is 1.30. The molecule has 0 radical (unpaired) electrons. The maximum atomic E-state index is 13.0. The SMILES string of the molecule is CCCSNc1ccc(Cl)c(NC(=O)c2csc3c(NC4COC4)ncnc23)c1Cl. The monoisotopic (exact) mass is 483 g/mol. The summed E-state index contributed by atoms with van der Waals surface area (Å²) in [5, 5.41) is 8.65. The number of aromatic nitrogens is 2. The van der Waals surface area contributed by atoms with Crippen LogP contribution in [0.5, 0.6) is 0 Å². The number of benzene rings is 1. The van der Waals surface area contributed by atoms with Crippen molar-refractivity contribution in [1.29, 1.82) is 0 Å². The fraction of sp³-hybridized carbons (Fsp3) is 0.316. The molecule has 1 aromatic carbocycles. The quantitative estimate of drug-likeness (QED) is 0.286. The largest absolute Gasteiger partial charge is 0.377 e. The molecule has 11 heteroatoms. The van der Waals surface area contributed by atoms with E-state index in [1.165, 1.54) is 17.7 Å². The minimum Gasteiger partial charge on any atom is -0.377 e. The number of fused-ring (bicyclic) bond motifs is 1. The van der Waals surface area contributed by atoms with E-state index in [-0.39, 0.29) is 11.9 Å². The Morgan fingerprint density at radius 2 is 2.17 bits per heavy atom. The van der Waals surface area contributed by atoms with Gasteiger partial charge in [-0.25, -0.2) is 9.97 Å². The lowest BCUT2D eigenvalue weighted by atomic mass is 10.2. The summed E-state index contributed by atoms with van der Waals surface area (Å²) >= 11 is 15.8. The number of carbonyl (C=O) groups is 1. The first kappa shape index (κ1) is 21.5. The van der Waals surface area contributed by atoms with E-state index in [0.717, 1.165) is 16.9 Å². The second-order valence-electron chi connectivity index (χ2n) is 6.62. The molecule has 1 saturated heterocycles. The molecule has 1 aliphatic heterocycles. The van der Waals surface area contributed by atoms with Crippen molar-refractivity contribution < 1.29 is 9.53 Å². The molecule has 3 aromatic rings. The highest BCUT2D eigenvalue weighted by molar-refractivity contribution is 8.00. The first-order chi connectivity index (χ1) is 14.6. The molecule has 158 valence electrons. The minimum absolute atomic E-state index is 0.223. The molecule has 30 heavy (non-hydrogen) atoms. The molecule has 1 fully saturated rings. The number of halogens is 2. The average molecular weight is 484 g/mol. The van der Waals surface area contributed by atoms with Crippen molar-refractivity contribution in [3.8, 4) is 0 Å². The molecule has 2 aromatic heterocycles. The highest BCUT2D eigenvalue weighted by Gasteiger charge is 2.23. The molecule has 1 amide bonds. The molecule has 1 aliphatic rings. The fourth-order valence-corrected chi connectivity index (χ4v) is 4.94. The van der Waals surface area contributed by atoms with Crippen LogP contribution in [0.4, 0.5) is 17.2 Å². The summed E-state index contributed by atoms with van der Waals surface area (Å²) in [4.78, 5) is 21.6. The molecular formula is C19H19Cl2N5O2S2. The molecule has 4 rings (SSSR count). The van der Waals surface area contributed by atoms with Gasteiger partial charge in [0, 0.05) is 11.1 Å². The molecular weight excluding hydrogens is 465 g/mol. The van der Waals surface area contributed by atoms with Crippen LogP contribution in [-0.4, -0.2) is 40.9 Å². The first-order valence-electron chi connectivity index (χ1n) is 9.32. The Morgan fingerprint density at radius 3 is 2.90 bits per heavy atom. The minimum atomic E-state index is -0.333. The highest BCUT2D eigenvalue weighted by Crippen LogP contribution is 2.38. The van der Waals surface area contributed by atoms with E-state index < -0.39 is 0 Å². The third-order valence-corrected chi connectivity index (χ3v) is 7.06. The van der Waals surface area contributed by atoms with Gasteiger partial charge in [-0.05, 0) is 18.6 Å². The Bertz CT molecular complexity index is 1070. The van der Waals surface area contributed by atoms with Crippen LogP contribution >= 0.6 is 46.5 Å². The van der Waals surface area contributed by atoms with Crippen molar-refractivity contribution in [3.05, 3.63) is 39.4 Å². The van der Waals surface area contributed by atoms with Crippen LogP contribution in [0.2, 0.25) is 10.0 Å². The van der Waals surface area contributed by atoms with Crippen LogP contribution in [0.1, 0.15) is 23.7 Å². The van der Waals surface area contributed by atoms with Gasteiger partial charge in [-0.2, -0.15) is 0 Å². The zero-order chi connectivity index (χ0) is 21.1. The highest BCUT2D eigenvalue weighted by atomic mass is 35.5. The first-order valence-corrected chi connectivity index (χ1v) is 11.9. The lowest BCUT2D eigenvalue weighted by Crippen LogP contribution is -2.40. The van der Waals surface area contributed by atoms with Gasteiger partial charge in [-0.15, -0.1) is 11.3 Å². The zero-order valence-corrected chi connectivity index (χ0v) is 19.1. The van der Waals surface area contributed by atoms with E-state index in [1.54, 1.807) is 29.5 Å². The number of anilines is 3. The Hall–Kier alpha value is -1.78. The van der Waals surface area contributed by atoms with E-state index in [2.05, 4.69) is 32.2 Å². The molecule has 3 N–H and O–H groups in total. The lowest BCUT2D eigenvalue weighted by molar-refractivity contribution is 0.0210. The number of rotatable bonds is 8. The predicted octanol–water partition coefficient (Wildman–Crippen LogP) is 5.53. The lowest BCUT2D eigenvalue weighted by Gasteiger charge is -2.27. The number of nitrogens with zero attached hydrogens (tertiary/aromatic N) is 2. The third-order valence-electron chi connectivity index (χ3n) is 4.40. The van der Waals surface area contributed by atoms with E-state index in [0.29, 0.717) is 51.5 Å². The van der Waals surface area contributed by atoms with E-state index in [1.807, 2.05) is 0 Å². The summed E-state index contributed by atoms with van der Waals surface area (Å²) in [7, 11) is 0. The van der Waals surface area contributed by atoms with Gasteiger partial charge in [0.1, 0.15) is 12.1 Å². The van der Waals surface area contributed by atoms with Crippen LogP contribution in [0, 0.1) is 0 Å². The third kappa shape index (κ3) is 4.45. The van der Waals surface area contributed by atoms with Crippen molar-refractivity contribution in [1.82, 2.24) is 9.97 Å². The van der Waals surface area contributed by atoms with E-state index in [9.17, 15) is 4.79 Å². The van der Waals surface area contributed by atoms with Crippen LogP contribution in [0.25, 0.3) is 10.2 Å². The van der Waals surface area contributed by atoms with Crippen LogP contribution in [-0.2, 0) is 4.74 Å². The standard InChI is InChI=1S/C19H19Cl2N5O2S2/c1-2-5-30-26-13-4-3-12(20)16(14(13)21)25-19(27)11-8-29-17-15(11)22-9-23-18(17)24-10-6-28-7-10/h3-4,8-10,26H,2,5-7H2,1H3,(H,25,27)(H,22,23,24). The Morgan fingerprint density at radius 1 is 1.33 bits per heavy atom. The Balaban J connectivity index is 1.57. The van der Waals surface area contributed by atoms with Crippen molar-refractivity contribution in [2.75, 3.05) is 34.3 Å². The molecule has 3 heterocycles. The van der Waals surface area contributed by atoms with E-state index in [4.69, 9.17) is 27.9 Å². The number of nitrogens with one attached hydrogen (secondary N) is 3. The van der Waals surface area contributed by atoms with Gasteiger partial charge in [0.15, 0.2) is 0 Å². The maximum absolute atomic E-state index is 13.0. The van der Waals surface area contributed by atoms with Crippen molar-refractivity contribution in [2.24, 2.45) is 0 Å². The Kier molecular flexibility index (Phi) is 6.84. The van der Waals surface area contributed by atoms with Gasteiger partial charge in [0.05, 0.1) is 56.5 Å². The second-order valence-corrected chi connectivity index (χ2v) is 9.18. The number of amides is 1. The molecule has 0 spiro atoms. The number of thiophene rings is 1. The summed E-state index contributed by atoms with van der Waals surface area (Å²) in [6.07, 6.45) is 2.48. The van der Waals surface area contributed by atoms with Crippen molar-refractivity contribution in [3.63, 3.8) is 0 Å². The topological polar surface area (TPSA) is 88.2 Å². The smallest absolute Gasteiger partial charge is 0.258 e. The van der Waals surface area contributed by atoms with Gasteiger partial charge < -0.3 is 20.1 Å². The fourth-order valence-electron chi connectivity index (χ4n) is 2.78. The van der Waals surface area contributed by atoms with Crippen molar-refractivity contribution in [2.45, 2.75) is 19.4 Å². The van der Waals surface area contributed by atoms with Gasteiger partial charge >= 0.3 is 0 Å². The van der Waals surface area contributed by atoms with Crippen LogP contribution < -0.4 is 15.4 Å². The molecule has 0 bridgehead atoms. The maximum Gasteiger partial charge on any atom is 0.258 e. The molecule has 0 atom stereocenters. The van der Waals surface area contributed by atoms with Gasteiger partial charge in [-0.3, -0.25) is 4.79 Å². The summed E-state index contributed by atoms with van der Waals surface area (Å²) in [6, 6.07) is 3.72.